The van der Waals surface area contributed by atoms with Crippen molar-refractivity contribution in [1.29, 1.82) is 0 Å². The smallest absolute Gasteiger partial charge is 0.416 e. The molecule has 9 heteroatoms. The molecule has 1 aliphatic heterocycles. The number of rotatable bonds is 5. The fourth-order valence-corrected chi connectivity index (χ4v) is 3.40. The van der Waals surface area contributed by atoms with E-state index in [1.807, 2.05) is 13.8 Å². The minimum Gasteiger partial charge on any atom is -0.488 e. The Morgan fingerprint density at radius 3 is 2.52 bits per heavy atom. The van der Waals surface area contributed by atoms with E-state index in [4.69, 9.17) is 4.74 Å². The van der Waals surface area contributed by atoms with E-state index in [1.54, 1.807) is 38.8 Å². The second-order valence-electron chi connectivity index (χ2n) is 9.03. The van der Waals surface area contributed by atoms with E-state index in [0.29, 0.717) is 19.0 Å². The first-order valence-corrected chi connectivity index (χ1v) is 10.4. The van der Waals surface area contributed by atoms with Gasteiger partial charge in [-0.15, -0.1) is 0 Å². The number of benzene rings is 1. The lowest BCUT2D eigenvalue weighted by Crippen LogP contribution is -2.45. The van der Waals surface area contributed by atoms with Crippen LogP contribution in [0, 0.1) is 5.92 Å². The maximum atomic E-state index is 13.6. The van der Waals surface area contributed by atoms with E-state index in [1.165, 1.54) is 6.07 Å². The highest BCUT2D eigenvalue weighted by atomic mass is 19.4. The molecular weight excluding hydrogens is 409 g/mol. The molecule has 1 saturated heterocycles. The van der Waals surface area contributed by atoms with Gasteiger partial charge in [-0.05, 0) is 44.9 Å². The Labute approximate surface area is 182 Å². The first-order valence-electron chi connectivity index (χ1n) is 10.4. The maximum absolute atomic E-state index is 13.6. The highest BCUT2D eigenvalue weighted by molar-refractivity contribution is 5.81. The second-order valence-corrected chi connectivity index (χ2v) is 9.03. The number of carbonyl (C=O) groups is 1. The average molecular weight is 443 g/mol. The molecule has 1 aliphatic rings. The number of likely N-dealkylation sites (tertiary alicyclic amines) is 1. The molecule has 0 bridgehead atoms. The Morgan fingerprint density at radius 2 is 1.97 bits per heavy atom. The van der Waals surface area contributed by atoms with Crippen LogP contribution in [0.15, 0.2) is 23.2 Å². The van der Waals surface area contributed by atoms with Crippen molar-refractivity contribution in [3.05, 3.63) is 29.3 Å². The van der Waals surface area contributed by atoms with Gasteiger partial charge in [0.25, 0.3) is 0 Å². The number of carbonyl (C=O) groups excluding carboxylic acids is 1. The molecule has 0 aromatic heterocycles. The number of hydrogen-bond acceptors (Lipinski definition) is 3. The van der Waals surface area contributed by atoms with Crippen molar-refractivity contribution < 1.29 is 22.7 Å². The van der Waals surface area contributed by atoms with E-state index in [9.17, 15) is 18.0 Å². The second kappa shape index (κ2) is 9.78. The topological polar surface area (TPSA) is 66.0 Å². The lowest BCUT2D eigenvalue weighted by Gasteiger charge is -2.23. The fourth-order valence-electron chi connectivity index (χ4n) is 3.40. The normalized spacial score (nSPS) is 17.8. The third kappa shape index (κ3) is 7.33. The Balaban J connectivity index is 2.04. The van der Waals surface area contributed by atoms with Crippen molar-refractivity contribution in [1.82, 2.24) is 15.5 Å². The average Bonchev–Trinajstić information content (AvgIpc) is 3.11. The number of ether oxygens (including phenoxy) is 1. The number of alkyl halides is 3. The quantitative estimate of drug-likeness (QED) is 0.538. The SMILES string of the molecule is CN=C(NCc1ccc(OC(C)(C)C)cc1C(F)(F)F)NC1CCN(C(=O)C(C)C)C1. The largest absolute Gasteiger partial charge is 0.488 e. The molecule has 0 aliphatic carbocycles. The molecule has 1 heterocycles. The molecule has 1 unspecified atom stereocenters. The lowest BCUT2D eigenvalue weighted by atomic mass is 10.1. The van der Waals surface area contributed by atoms with Crippen molar-refractivity contribution in [2.75, 3.05) is 20.1 Å². The summed E-state index contributed by atoms with van der Waals surface area (Å²) >= 11 is 0. The van der Waals surface area contributed by atoms with E-state index in [0.717, 1.165) is 12.5 Å². The van der Waals surface area contributed by atoms with Crippen LogP contribution in [0.25, 0.3) is 0 Å². The summed E-state index contributed by atoms with van der Waals surface area (Å²) in [7, 11) is 1.56. The Hall–Kier alpha value is -2.45. The fraction of sp³-hybridized carbons (Fsp3) is 0.636. The molecule has 2 rings (SSSR count). The van der Waals surface area contributed by atoms with Crippen LogP contribution in [0.2, 0.25) is 0 Å². The van der Waals surface area contributed by atoms with Gasteiger partial charge in [-0.25, -0.2) is 0 Å². The zero-order valence-electron chi connectivity index (χ0n) is 19.1. The van der Waals surface area contributed by atoms with Crippen LogP contribution in [0.1, 0.15) is 52.2 Å². The maximum Gasteiger partial charge on any atom is 0.416 e. The van der Waals surface area contributed by atoms with Crippen molar-refractivity contribution in [2.24, 2.45) is 10.9 Å². The molecule has 0 spiro atoms. The van der Waals surface area contributed by atoms with Crippen LogP contribution < -0.4 is 15.4 Å². The van der Waals surface area contributed by atoms with E-state index in [-0.39, 0.29) is 35.7 Å². The molecule has 1 atom stereocenters. The Morgan fingerprint density at radius 1 is 1.29 bits per heavy atom. The zero-order chi connectivity index (χ0) is 23.4. The van der Waals surface area contributed by atoms with Gasteiger partial charge in [0.2, 0.25) is 5.91 Å². The number of amides is 1. The predicted molar refractivity (Wildman–Crippen MR) is 115 cm³/mol. The third-order valence-corrected chi connectivity index (χ3v) is 4.82. The Bertz CT molecular complexity index is 801. The standard InChI is InChI=1S/C22H33F3N4O2/c1-14(2)19(30)29-10-9-16(13-29)28-20(26-6)27-12-15-7-8-17(31-21(3,4)5)11-18(15)22(23,24)25/h7-8,11,14,16H,9-10,12-13H2,1-6H3,(H2,26,27,28). The first kappa shape index (κ1) is 24.8. The van der Waals surface area contributed by atoms with Crippen molar-refractivity contribution >= 4 is 11.9 Å². The van der Waals surface area contributed by atoms with Crippen LogP contribution >= 0.6 is 0 Å². The molecular formula is C22H33F3N4O2. The summed E-state index contributed by atoms with van der Waals surface area (Å²) in [4.78, 5) is 18.0. The van der Waals surface area contributed by atoms with Gasteiger partial charge in [0, 0.05) is 38.6 Å². The highest BCUT2D eigenvalue weighted by Gasteiger charge is 2.34. The molecule has 1 amide bonds. The summed E-state index contributed by atoms with van der Waals surface area (Å²) in [5, 5.41) is 6.15. The van der Waals surface area contributed by atoms with E-state index in [2.05, 4.69) is 15.6 Å². The van der Waals surface area contributed by atoms with Gasteiger partial charge < -0.3 is 20.3 Å². The third-order valence-electron chi connectivity index (χ3n) is 4.82. The molecule has 31 heavy (non-hydrogen) atoms. The Kier molecular flexibility index (Phi) is 7.83. The zero-order valence-corrected chi connectivity index (χ0v) is 19.1. The van der Waals surface area contributed by atoms with Gasteiger partial charge in [-0.3, -0.25) is 9.79 Å². The van der Waals surface area contributed by atoms with Gasteiger partial charge in [0.15, 0.2) is 5.96 Å². The number of aliphatic imine (C=N–C) groups is 1. The number of nitrogens with zero attached hydrogens (tertiary/aromatic N) is 2. The summed E-state index contributed by atoms with van der Waals surface area (Å²) in [5.41, 5.74) is -1.24. The molecule has 1 aromatic rings. The van der Waals surface area contributed by atoms with Crippen LogP contribution in [-0.4, -0.2) is 48.5 Å². The van der Waals surface area contributed by atoms with Crippen LogP contribution in [0.5, 0.6) is 5.75 Å². The molecule has 0 saturated carbocycles. The summed E-state index contributed by atoms with van der Waals surface area (Å²) in [6, 6.07) is 3.99. The highest BCUT2D eigenvalue weighted by Crippen LogP contribution is 2.35. The molecule has 1 aromatic carbocycles. The minimum atomic E-state index is -4.51. The number of halogens is 3. The lowest BCUT2D eigenvalue weighted by molar-refractivity contribution is -0.138. The first-order chi connectivity index (χ1) is 14.3. The number of hydrogen-bond donors (Lipinski definition) is 2. The van der Waals surface area contributed by atoms with Crippen LogP contribution in [-0.2, 0) is 17.5 Å². The molecule has 6 nitrogen and oxygen atoms in total. The van der Waals surface area contributed by atoms with Crippen molar-refractivity contribution in [3.8, 4) is 5.75 Å². The molecule has 1 fully saturated rings. The molecule has 0 radical (unpaired) electrons. The number of nitrogens with one attached hydrogen (secondary N) is 2. The van der Waals surface area contributed by atoms with Crippen molar-refractivity contribution in [3.63, 3.8) is 0 Å². The minimum absolute atomic E-state index is 0.00134. The van der Waals surface area contributed by atoms with E-state index >= 15 is 0 Å². The van der Waals surface area contributed by atoms with Gasteiger partial charge in [-0.1, -0.05) is 19.9 Å². The summed E-state index contributed by atoms with van der Waals surface area (Å²) in [5.74, 6) is 0.598. The van der Waals surface area contributed by atoms with Crippen molar-refractivity contribution in [2.45, 2.75) is 65.4 Å². The van der Waals surface area contributed by atoms with Gasteiger partial charge in [-0.2, -0.15) is 13.2 Å². The summed E-state index contributed by atoms with van der Waals surface area (Å²) in [6.07, 6.45) is -3.75. The predicted octanol–water partition coefficient (Wildman–Crippen LogP) is 3.80. The van der Waals surface area contributed by atoms with Crippen LogP contribution in [0.4, 0.5) is 13.2 Å². The molecule has 174 valence electrons. The van der Waals surface area contributed by atoms with Crippen LogP contribution in [0.3, 0.4) is 0 Å². The summed E-state index contributed by atoms with van der Waals surface area (Å²) in [6.45, 7) is 10.2. The van der Waals surface area contributed by atoms with Gasteiger partial charge in [0.1, 0.15) is 11.4 Å². The number of guanidine groups is 1. The monoisotopic (exact) mass is 442 g/mol. The van der Waals surface area contributed by atoms with E-state index < -0.39 is 17.3 Å². The molecule has 2 N–H and O–H groups in total. The van der Waals surface area contributed by atoms with Gasteiger partial charge in [0.05, 0.1) is 5.56 Å². The summed E-state index contributed by atoms with van der Waals surface area (Å²) < 4.78 is 46.4. The van der Waals surface area contributed by atoms with Gasteiger partial charge >= 0.3 is 6.18 Å².